The molecular formula is C16H20N4O. The average molecular weight is 284 g/mol. The average Bonchev–Trinajstić information content (AvgIpc) is 2.57. The number of ether oxygens (including phenoxy) is 1. The lowest BCUT2D eigenvalue weighted by molar-refractivity contribution is 0.198. The zero-order valence-electron chi connectivity index (χ0n) is 12.3. The Kier molecular flexibility index (Phi) is 4.40. The second-order valence-electron chi connectivity index (χ2n) is 5.42. The van der Waals surface area contributed by atoms with Crippen molar-refractivity contribution in [3.05, 3.63) is 48.2 Å². The van der Waals surface area contributed by atoms with Crippen LogP contribution in [-0.2, 0) is 6.54 Å². The first kappa shape index (κ1) is 13.9. The van der Waals surface area contributed by atoms with Gasteiger partial charge in [-0.05, 0) is 31.0 Å². The molecule has 5 heteroatoms. The van der Waals surface area contributed by atoms with Crippen LogP contribution in [0.3, 0.4) is 0 Å². The van der Waals surface area contributed by atoms with Crippen molar-refractivity contribution in [3.63, 3.8) is 0 Å². The van der Waals surface area contributed by atoms with E-state index in [1.807, 2.05) is 24.5 Å². The lowest BCUT2D eigenvalue weighted by Gasteiger charge is -2.32. The highest BCUT2D eigenvalue weighted by molar-refractivity contribution is 5.18. The summed E-state index contributed by atoms with van der Waals surface area (Å²) in [4.78, 5) is 15.1. The van der Waals surface area contributed by atoms with Gasteiger partial charge in [0.1, 0.15) is 6.33 Å². The second kappa shape index (κ2) is 6.63. The third kappa shape index (κ3) is 3.55. The van der Waals surface area contributed by atoms with E-state index >= 15 is 0 Å². The topological polar surface area (TPSA) is 51.1 Å². The quantitative estimate of drug-likeness (QED) is 0.862. The molecule has 3 rings (SSSR count). The van der Waals surface area contributed by atoms with Crippen LogP contribution in [0, 0.1) is 0 Å². The molecule has 0 N–H and O–H groups in total. The number of rotatable bonds is 4. The molecule has 1 aliphatic rings. The molecule has 1 atom stereocenters. The van der Waals surface area contributed by atoms with Gasteiger partial charge in [-0.3, -0.25) is 4.90 Å². The van der Waals surface area contributed by atoms with Gasteiger partial charge in [0.05, 0.1) is 7.11 Å². The third-order valence-corrected chi connectivity index (χ3v) is 3.94. The number of methoxy groups -OCH3 is 1. The minimum absolute atomic E-state index is 0.507. The smallest absolute Gasteiger partial charge is 0.212 e. The highest BCUT2D eigenvalue weighted by Crippen LogP contribution is 2.26. The van der Waals surface area contributed by atoms with Gasteiger partial charge in [-0.2, -0.15) is 0 Å². The van der Waals surface area contributed by atoms with Crippen molar-refractivity contribution in [1.29, 1.82) is 0 Å². The number of hydrogen-bond acceptors (Lipinski definition) is 5. The van der Waals surface area contributed by atoms with Crippen LogP contribution in [0.5, 0.6) is 5.88 Å². The first-order valence-corrected chi connectivity index (χ1v) is 7.32. The van der Waals surface area contributed by atoms with Crippen LogP contribution in [-0.4, -0.2) is 40.1 Å². The molecule has 1 saturated heterocycles. The summed E-state index contributed by atoms with van der Waals surface area (Å²) in [6.07, 6.45) is 7.77. The number of aromatic nitrogens is 3. The summed E-state index contributed by atoms with van der Waals surface area (Å²) in [7, 11) is 1.64. The molecule has 0 spiro atoms. The van der Waals surface area contributed by atoms with Gasteiger partial charge < -0.3 is 4.74 Å². The maximum Gasteiger partial charge on any atom is 0.212 e. The third-order valence-electron chi connectivity index (χ3n) is 3.94. The number of piperidine rings is 1. The van der Waals surface area contributed by atoms with E-state index in [1.165, 1.54) is 18.4 Å². The van der Waals surface area contributed by atoms with Crippen LogP contribution in [0.2, 0.25) is 0 Å². The molecule has 0 radical (unpaired) electrons. The summed E-state index contributed by atoms with van der Waals surface area (Å²) in [5, 5.41) is 0. The van der Waals surface area contributed by atoms with Crippen molar-refractivity contribution in [2.45, 2.75) is 25.3 Å². The van der Waals surface area contributed by atoms with E-state index in [1.54, 1.807) is 13.4 Å². The van der Waals surface area contributed by atoms with Crippen molar-refractivity contribution in [3.8, 4) is 5.88 Å². The van der Waals surface area contributed by atoms with Crippen LogP contribution in [0.4, 0.5) is 0 Å². The number of hydrogen-bond donors (Lipinski definition) is 0. The fourth-order valence-electron chi connectivity index (χ4n) is 2.87. The number of pyridine rings is 1. The normalized spacial score (nSPS) is 19.4. The Morgan fingerprint density at radius 1 is 1.29 bits per heavy atom. The maximum absolute atomic E-state index is 5.10. The van der Waals surface area contributed by atoms with E-state index in [4.69, 9.17) is 4.74 Å². The van der Waals surface area contributed by atoms with Crippen molar-refractivity contribution < 1.29 is 4.74 Å². The molecule has 1 fully saturated rings. The molecule has 2 aromatic heterocycles. The molecule has 0 aliphatic carbocycles. The molecule has 0 bridgehead atoms. The Labute approximate surface area is 125 Å². The van der Waals surface area contributed by atoms with Crippen molar-refractivity contribution in [2.24, 2.45) is 0 Å². The predicted molar refractivity (Wildman–Crippen MR) is 80.1 cm³/mol. The molecule has 1 aliphatic heterocycles. The summed E-state index contributed by atoms with van der Waals surface area (Å²) in [5.41, 5.74) is 2.38. The van der Waals surface area contributed by atoms with E-state index in [2.05, 4.69) is 25.9 Å². The first-order chi connectivity index (χ1) is 10.3. The maximum atomic E-state index is 5.10. The van der Waals surface area contributed by atoms with Crippen LogP contribution < -0.4 is 4.74 Å². The zero-order chi connectivity index (χ0) is 14.5. The standard InChI is InChI=1S/C16H20N4O/c1-21-16-5-4-13(9-18-16)10-20-8-2-3-14(11-20)15-6-7-17-12-19-15/h4-7,9,12,14H,2-3,8,10-11H2,1H3/t14-/m0/s1. The molecule has 0 saturated carbocycles. The molecule has 2 aromatic rings. The van der Waals surface area contributed by atoms with Gasteiger partial charge in [-0.15, -0.1) is 0 Å². The summed E-state index contributed by atoms with van der Waals surface area (Å²) in [6.45, 7) is 3.11. The molecule has 0 aromatic carbocycles. The van der Waals surface area contributed by atoms with Crippen LogP contribution in [0.15, 0.2) is 36.9 Å². The van der Waals surface area contributed by atoms with Gasteiger partial charge in [0.15, 0.2) is 0 Å². The molecule has 0 unspecified atom stereocenters. The van der Waals surface area contributed by atoms with Crippen LogP contribution in [0.25, 0.3) is 0 Å². The van der Waals surface area contributed by atoms with E-state index in [-0.39, 0.29) is 0 Å². The van der Waals surface area contributed by atoms with Gasteiger partial charge in [0.25, 0.3) is 0 Å². The highest BCUT2D eigenvalue weighted by atomic mass is 16.5. The van der Waals surface area contributed by atoms with Crippen molar-refractivity contribution in [1.82, 2.24) is 19.9 Å². The van der Waals surface area contributed by atoms with Gasteiger partial charge in [0.2, 0.25) is 5.88 Å². The van der Waals surface area contributed by atoms with Gasteiger partial charge in [0, 0.05) is 43.2 Å². The van der Waals surface area contributed by atoms with E-state index in [9.17, 15) is 0 Å². The zero-order valence-corrected chi connectivity index (χ0v) is 12.3. The molecule has 110 valence electrons. The Bertz CT molecular complexity index is 558. The van der Waals surface area contributed by atoms with Crippen LogP contribution in [0.1, 0.15) is 30.0 Å². The lowest BCUT2D eigenvalue weighted by atomic mass is 9.94. The number of nitrogens with zero attached hydrogens (tertiary/aromatic N) is 4. The Hall–Kier alpha value is -2.01. The van der Waals surface area contributed by atoms with Gasteiger partial charge in [-0.25, -0.2) is 15.0 Å². The van der Waals surface area contributed by atoms with Gasteiger partial charge in [-0.1, -0.05) is 6.07 Å². The van der Waals surface area contributed by atoms with Crippen molar-refractivity contribution in [2.75, 3.05) is 20.2 Å². The molecule has 3 heterocycles. The molecule has 0 amide bonds. The monoisotopic (exact) mass is 284 g/mol. The lowest BCUT2D eigenvalue weighted by Crippen LogP contribution is -2.34. The molecular weight excluding hydrogens is 264 g/mol. The summed E-state index contributed by atoms with van der Waals surface area (Å²) < 4.78 is 5.10. The summed E-state index contributed by atoms with van der Waals surface area (Å²) in [5.74, 6) is 1.17. The SMILES string of the molecule is COc1ccc(CN2CCC[C@H](c3ccncn3)C2)cn1. The minimum atomic E-state index is 0.507. The fourth-order valence-corrected chi connectivity index (χ4v) is 2.87. The van der Waals surface area contributed by atoms with E-state index in [0.29, 0.717) is 11.8 Å². The largest absolute Gasteiger partial charge is 0.481 e. The molecule has 5 nitrogen and oxygen atoms in total. The molecule has 21 heavy (non-hydrogen) atoms. The van der Waals surface area contributed by atoms with Gasteiger partial charge >= 0.3 is 0 Å². The van der Waals surface area contributed by atoms with E-state index < -0.39 is 0 Å². The Morgan fingerprint density at radius 2 is 2.24 bits per heavy atom. The Balaban J connectivity index is 1.63. The summed E-state index contributed by atoms with van der Waals surface area (Å²) >= 11 is 0. The van der Waals surface area contributed by atoms with Crippen LogP contribution >= 0.6 is 0 Å². The second-order valence-corrected chi connectivity index (χ2v) is 5.42. The first-order valence-electron chi connectivity index (χ1n) is 7.32. The predicted octanol–water partition coefficient (Wildman–Crippen LogP) is 2.26. The summed E-state index contributed by atoms with van der Waals surface area (Å²) in [6, 6.07) is 6.03. The van der Waals surface area contributed by atoms with Crippen molar-refractivity contribution >= 4 is 0 Å². The Morgan fingerprint density at radius 3 is 2.95 bits per heavy atom. The van der Waals surface area contributed by atoms with E-state index in [0.717, 1.165) is 25.3 Å². The highest BCUT2D eigenvalue weighted by Gasteiger charge is 2.22. The number of likely N-dealkylation sites (tertiary alicyclic amines) is 1. The minimum Gasteiger partial charge on any atom is -0.481 e. The fraction of sp³-hybridized carbons (Fsp3) is 0.438.